The number of nitrogens with one attached hydrogen (secondary N) is 1. The number of aryl methyl sites for hydroxylation is 1. The van der Waals surface area contributed by atoms with Crippen LogP contribution in [0, 0.1) is 5.41 Å². The Bertz CT molecular complexity index is 345. The van der Waals surface area contributed by atoms with Crippen LogP contribution in [-0.4, -0.2) is 38.5 Å². The van der Waals surface area contributed by atoms with Crippen LogP contribution in [0.25, 0.3) is 0 Å². The summed E-state index contributed by atoms with van der Waals surface area (Å²) in [6.07, 6.45) is 5.99. The van der Waals surface area contributed by atoms with Crippen molar-refractivity contribution >= 4 is 0 Å². The SMILES string of the molecule is Cn1nnc(CNCC2(CO)CCCCC2)n1. The molecule has 1 fully saturated rings. The molecule has 0 spiro atoms. The van der Waals surface area contributed by atoms with Gasteiger partial charge in [0.1, 0.15) is 0 Å². The fourth-order valence-electron chi connectivity index (χ4n) is 2.53. The van der Waals surface area contributed by atoms with Gasteiger partial charge in [0.25, 0.3) is 0 Å². The van der Waals surface area contributed by atoms with Crippen molar-refractivity contribution < 1.29 is 5.11 Å². The van der Waals surface area contributed by atoms with Gasteiger partial charge in [-0.25, -0.2) is 0 Å². The van der Waals surface area contributed by atoms with Gasteiger partial charge in [-0.1, -0.05) is 19.3 Å². The lowest BCUT2D eigenvalue weighted by Crippen LogP contribution is -2.39. The Morgan fingerprint density at radius 3 is 2.71 bits per heavy atom. The number of hydrogen-bond acceptors (Lipinski definition) is 5. The minimum Gasteiger partial charge on any atom is -0.396 e. The van der Waals surface area contributed by atoms with E-state index in [0.29, 0.717) is 12.4 Å². The Hall–Kier alpha value is -1.01. The monoisotopic (exact) mass is 239 g/mol. The molecule has 1 saturated carbocycles. The molecule has 0 unspecified atom stereocenters. The van der Waals surface area contributed by atoms with Crippen LogP contribution in [0.3, 0.4) is 0 Å². The van der Waals surface area contributed by atoms with Crippen molar-refractivity contribution in [2.75, 3.05) is 13.2 Å². The first kappa shape index (κ1) is 12.4. The third-order valence-electron chi connectivity index (χ3n) is 3.58. The number of aliphatic hydroxyl groups excluding tert-OH is 1. The predicted octanol–water partition coefficient (Wildman–Crippen LogP) is 0.242. The van der Waals surface area contributed by atoms with Crippen molar-refractivity contribution in [1.82, 2.24) is 25.5 Å². The molecular formula is C11H21N5O. The minimum atomic E-state index is 0.0699. The molecule has 17 heavy (non-hydrogen) atoms. The zero-order valence-corrected chi connectivity index (χ0v) is 10.4. The molecule has 0 atom stereocenters. The van der Waals surface area contributed by atoms with Gasteiger partial charge in [-0.3, -0.25) is 0 Å². The smallest absolute Gasteiger partial charge is 0.188 e. The van der Waals surface area contributed by atoms with Crippen LogP contribution in [0.15, 0.2) is 0 Å². The summed E-state index contributed by atoms with van der Waals surface area (Å²) in [7, 11) is 1.76. The van der Waals surface area contributed by atoms with Gasteiger partial charge in [0.05, 0.1) is 13.6 Å². The first-order chi connectivity index (χ1) is 8.24. The summed E-state index contributed by atoms with van der Waals surface area (Å²) in [5.74, 6) is 0.705. The molecule has 0 aromatic carbocycles. The zero-order chi connectivity index (χ0) is 12.1. The highest BCUT2D eigenvalue weighted by atomic mass is 16.3. The quantitative estimate of drug-likeness (QED) is 0.770. The van der Waals surface area contributed by atoms with Crippen molar-refractivity contribution in [1.29, 1.82) is 0 Å². The number of aliphatic hydroxyl groups is 1. The van der Waals surface area contributed by atoms with Gasteiger partial charge in [-0.2, -0.15) is 4.80 Å². The van der Waals surface area contributed by atoms with E-state index in [2.05, 4.69) is 20.7 Å². The average molecular weight is 239 g/mol. The highest BCUT2D eigenvalue weighted by molar-refractivity contribution is 4.85. The van der Waals surface area contributed by atoms with E-state index >= 15 is 0 Å². The topological polar surface area (TPSA) is 75.9 Å². The van der Waals surface area contributed by atoms with Crippen molar-refractivity contribution in [2.45, 2.75) is 38.6 Å². The lowest BCUT2D eigenvalue weighted by Gasteiger charge is -2.35. The van der Waals surface area contributed by atoms with Crippen molar-refractivity contribution in [3.8, 4) is 0 Å². The van der Waals surface area contributed by atoms with Crippen molar-refractivity contribution in [2.24, 2.45) is 12.5 Å². The molecular weight excluding hydrogens is 218 g/mol. The van der Waals surface area contributed by atoms with Crippen LogP contribution in [0.1, 0.15) is 37.9 Å². The standard InChI is InChI=1S/C11H21N5O/c1-16-14-10(13-15-16)7-12-8-11(9-17)5-3-2-4-6-11/h12,17H,2-9H2,1H3. The molecule has 6 heteroatoms. The first-order valence-corrected chi connectivity index (χ1v) is 6.29. The van der Waals surface area contributed by atoms with E-state index in [1.807, 2.05) is 0 Å². The van der Waals surface area contributed by atoms with Crippen LogP contribution < -0.4 is 5.32 Å². The minimum absolute atomic E-state index is 0.0699. The van der Waals surface area contributed by atoms with Gasteiger partial charge < -0.3 is 10.4 Å². The molecule has 0 aliphatic heterocycles. The van der Waals surface area contributed by atoms with Crippen LogP contribution in [-0.2, 0) is 13.6 Å². The van der Waals surface area contributed by atoms with Crippen LogP contribution in [0.2, 0.25) is 0 Å². The van der Waals surface area contributed by atoms with Crippen LogP contribution in [0.5, 0.6) is 0 Å². The maximum atomic E-state index is 9.56. The fourth-order valence-corrected chi connectivity index (χ4v) is 2.53. The second-order valence-corrected chi connectivity index (χ2v) is 5.02. The molecule has 1 aliphatic rings. The predicted molar refractivity (Wildman–Crippen MR) is 63.1 cm³/mol. The van der Waals surface area contributed by atoms with E-state index in [9.17, 15) is 5.11 Å². The largest absolute Gasteiger partial charge is 0.396 e. The number of tetrazole rings is 1. The van der Waals surface area contributed by atoms with E-state index < -0.39 is 0 Å². The Kier molecular flexibility index (Phi) is 4.06. The summed E-state index contributed by atoms with van der Waals surface area (Å²) in [6, 6.07) is 0. The van der Waals surface area contributed by atoms with E-state index in [0.717, 1.165) is 19.4 Å². The van der Waals surface area contributed by atoms with Gasteiger partial charge in [0.2, 0.25) is 0 Å². The molecule has 96 valence electrons. The van der Waals surface area contributed by atoms with E-state index in [4.69, 9.17) is 0 Å². The molecule has 0 bridgehead atoms. The Balaban J connectivity index is 1.79. The maximum absolute atomic E-state index is 9.56. The molecule has 1 aromatic heterocycles. The van der Waals surface area contributed by atoms with Gasteiger partial charge in [0.15, 0.2) is 5.82 Å². The van der Waals surface area contributed by atoms with Crippen molar-refractivity contribution in [3.05, 3.63) is 5.82 Å². The van der Waals surface area contributed by atoms with Gasteiger partial charge in [-0.05, 0) is 18.1 Å². The molecule has 1 aromatic rings. The second kappa shape index (κ2) is 5.55. The highest BCUT2D eigenvalue weighted by Gasteiger charge is 2.30. The fraction of sp³-hybridized carbons (Fsp3) is 0.909. The number of nitrogens with zero attached hydrogens (tertiary/aromatic N) is 4. The normalized spacial score (nSPS) is 19.4. The van der Waals surface area contributed by atoms with Gasteiger partial charge in [-0.15, -0.1) is 10.2 Å². The van der Waals surface area contributed by atoms with E-state index in [1.165, 1.54) is 24.1 Å². The molecule has 0 amide bonds. The lowest BCUT2D eigenvalue weighted by atomic mass is 9.74. The summed E-state index contributed by atoms with van der Waals surface area (Å²) >= 11 is 0. The maximum Gasteiger partial charge on any atom is 0.188 e. The summed E-state index contributed by atoms with van der Waals surface area (Å²) < 4.78 is 0. The molecule has 0 saturated heterocycles. The van der Waals surface area contributed by atoms with Crippen LogP contribution >= 0.6 is 0 Å². The van der Waals surface area contributed by atoms with Crippen molar-refractivity contribution in [3.63, 3.8) is 0 Å². The van der Waals surface area contributed by atoms with Crippen LogP contribution in [0.4, 0.5) is 0 Å². The number of rotatable bonds is 5. The third kappa shape index (κ3) is 3.23. The number of aromatic nitrogens is 4. The highest BCUT2D eigenvalue weighted by Crippen LogP contribution is 2.35. The van der Waals surface area contributed by atoms with Gasteiger partial charge >= 0.3 is 0 Å². The zero-order valence-electron chi connectivity index (χ0n) is 10.4. The Labute approximate surface area is 101 Å². The molecule has 2 N–H and O–H groups in total. The van der Waals surface area contributed by atoms with E-state index in [-0.39, 0.29) is 12.0 Å². The number of hydrogen-bond donors (Lipinski definition) is 2. The molecule has 2 rings (SSSR count). The Morgan fingerprint density at radius 2 is 2.12 bits per heavy atom. The summed E-state index contributed by atoms with van der Waals surface area (Å²) in [5.41, 5.74) is 0.0699. The van der Waals surface area contributed by atoms with E-state index in [1.54, 1.807) is 7.05 Å². The van der Waals surface area contributed by atoms with Gasteiger partial charge in [0, 0.05) is 18.6 Å². The summed E-state index contributed by atoms with van der Waals surface area (Å²) in [5, 5.41) is 24.7. The summed E-state index contributed by atoms with van der Waals surface area (Å²) in [6.45, 7) is 1.73. The first-order valence-electron chi connectivity index (χ1n) is 6.29. The molecule has 0 radical (unpaired) electrons. The molecule has 1 heterocycles. The Morgan fingerprint density at radius 1 is 1.35 bits per heavy atom. The third-order valence-corrected chi connectivity index (χ3v) is 3.58. The average Bonchev–Trinajstić information content (AvgIpc) is 2.76. The molecule has 6 nitrogen and oxygen atoms in total. The summed E-state index contributed by atoms with van der Waals surface area (Å²) in [4.78, 5) is 1.46. The lowest BCUT2D eigenvalue weighted by molar-refractivity contribution is 0.0809. The second-order valence-electron chi connectivity index (χ2n) is 5.02. The molecule has 1 aliphatic carbocycles.